The smallest absolute Gasteiger partial charge is 0.104 e. The number of hydrogen-bond donors (Lipinski definition) is 0. The summed E-state index contributed by atoms with van der Waals surface area (Å²) in [6.45, 7) is 5.28. The molecule has 0 bridgehead atoms. The predicted octanol–water partition coefficient (Wildman–Crippen LogP) is 6.83. The van der Waals surface area contributed by atoms with E-state index in [9.17, 15) is 0 Å². The van der Waals surface area contributed by atoms with Crippen LogP contribution >= 0.6 is 0 Å². The molecular weight excluding hydrogens is 420 g/mol. The van der Waals surface area contributed by atoms with Crippen LogP contribution in [0.5, 0.6) is 0 Å². The van der Waals surface area contributed by atoms with E-state index in [2.05, 4.69) is 101 Å². The van der Waals surface area contributed by atoms with E-state index in [4.69, 9.17) is 9.47 Å². The van der Waals surface area contributed by atoms with E-state index >= 15 is 0 Å². The third-order valence-corrected chi connectivity index (χ3v) is 7.04. The molecule has 0 radical (unpaired) electrons. The van der Waals surface area contributed by atoms with Crippen molar-refractivity contribution in [3.8, 4) is 5.69 Å². The van der Waals surface area contributed by atoms with Crippen molar-refractivity contribution in [2.45, 2.75) is 26.2 Å². The first-order valence-electron chi connectivity index (χ1n) is 12.0. The molecule has 0 spiro atoms. The van der Waals surface area contributed by atoms with E-state index < -0.39 is 0 Å². The summed E-state index contributed by atoms with van der Waals surface area (Å²) in [5.41, 5.74) is 7.40. The SMILES string of the molecule is CCn1c2ccccc2c2cc(-n3c4ccccc4c4cc(COCC5CO5)ccc43)ccc21. The van der Waals surface area contributed by atoms with Crippen molar-refractivity contribution >= 4 is 43.6 Å². The predicted molar refractivity (Wildman–Crippen MR) is 139 cm³/mol. The standard InChI is InChI=1S/C30H26N2O2/c1-2-31-27-9-5-3-7-23(27)26-16-21(12-14-28(26)31)32-29-10-6-4-8-24(29)25-15-20(11-13-30(25)32)17-33-18-22-19-34-22/h3-16,22H,2,17-19H2,1H3. The minimum Gasteiger partial charge on any atom is -0.374 e. The second kappa shape index (κ2) is 7.73. The van der Waals surface area contributed by atoms with Gasteiger partial charge in [0.15, 0.2) is 0 Å². The maximum Gasteiger partial charge on any atom is 0.104 e. The van der Waals surface area contributed by atoms with Crippen LogP contribution in [0.4, 0.5) is 0 Å². The van der Waals surface area contributed by atoms with E-state index in [0.717, 1.165) is 13.2 Å². The van der Waals surface area contributed by atoms with Crippen LogP contribution in [0.25, 0.3) is 49.3 Å². The molecule has 4 heteroatoms. The second-order valence-corrected chi connectivity index (χ2v) is 9.14. The number of fused-ring (bicyclic) bond motifs is 6. The van der Waals surface area contributed by atoms with E-state index in [1.54, 1.807) is 0 Å². The molecule has 1 aliphatic heterocycles. The highest BCUT2D eigenvalue weighted by atomic mass is 16.6. The van der Waals surface area contributed by atoms with Gasteiger partial charge in [0.25, 0.3) is 0 Å². The van der Waals surface area contributed by atoms with Gasteiger partial charge >= 0.3 is 0 Å². The largest absolute Gasteiger partial charge is 0.374 e. The minimum atomic E-state index is 0.291. The number of hydrogen-bond acceptors (Lipinski definition) is 2. The van der Waals surface area contributed by atoms with Crippen LogP contribution in [0, 0.1) is 0 Å². The number of ether oxygens (including phenoxy) is 2. The zero-order valence-electron chi connectivity index (χ0n) is 19.2. The Morgan fingerprint density at radius 1 is 0.765 bits per heavy atom. The Balaban J connectivity index is 1.41. The maximum absolute atomic E-state index is 5.86. The van der Waals surface area contributed by atoms with Crippen molar-refractivity contribution in [3.63, 3.8) is 0 Å². The maximum atomic E-state index is 5.86. The van der Waals surface area contributed by atoms with Crippen molar-refractivity contribution in [1.82, 2.24) is 9.13 Å². The fourth-order valence-corrected chi connectivity index (χ4v) is 5.38. The first-order chi connectivity index (χ1) is 16.8. The second-order valence-electron chi connectivity index (χ2n) is 9.14. The van der Waals surface area contributed by atoms with Gasteiger partial charge in [-0.3, -0.25) is 0 Å². The average molecular weight is 447 g/mol. The summed E-state index contributed by atoms with van der Waals surface area (Å²) >= 11 is 0. The van der Waals surface area contributed by atoms with E-state index in [-0.39, 0.29) is 0 Å². The first kappa shape index (κ1) is 19.8. The van der Waals surface area contributed by atoms with Crippen LogP contribution in [0.1, 0.15) is 12.5 Å². The van der Waals surface area contributed by atoms with E-state index in [1.165, 1.54) is 54.9 Å². The normalized spacial score (nSPS) is 15.7. The third kappa shape index (κ3) is 3.07. The Morgan fingerprint density at radius 2 is 1.41 bits per heavy atom. The Kier molecular flexibility index (Phi) is 4.51. The van der Waals surface area contributed by atoms with E-state index in [1.807, 2.05) is 0 Å². The van der Waals surface area contributed by atoms with Crippen molar-refractivity contribution in [1.29, 1.82) is 0 Å². The molecule has 1 aliphatic rings. The Labute approximate surface area is 197 Å². The molecule has 3 heterocycles. The molecule has 4 aromatic carbocycles. The number of para-hydroxylation sites is 2. The quantitative estimate of drug-likeness (QED) is 0.263. The lowest BCUT2D eigenvalue weighted by molar-refractivity contribution is 0.104. The molecule has 1 fully saturated rings. The van der Waals surface area contributed by atoms with E-state index in [0.29, 0.717) is 19.3 Å². The van der Waals surface area contributed by atoms with Gasteiger partial charge < -0.3 is 18.6 Å². The Morgan fingerprint density at radius 3 is 2.21 bits per heavy atom. The number of benzene rings is 4. The van der Waals surface area contributed by atoms with Gasteiger partial charge in [-0.25, -0.2) is 0 Å². The van der Waals surface area contributed by atoms with Gasteiger partial charge in [0.2, 0.25) is 0 Å². The Bertz CT molecular complexity index is 1690. The summed E-state index contributed by atoms with van der Waals surface area (Å²) in [4.78, 5) is 0. The topological polar surface area (TPSA) is 31.6 Å². The highest BCUT2D eigenvalue weighted by Gasteiger charge is 2.22. The molecule has 0 saturated carbocycles. The first-order valence-corrected chi connectivity index (χ1v) is 12.0. The molecule has 1 saturated heterocycles. The summed E-state index contributed by atoms with van der Waals surface area (Å²) in [5, 5.41) is 5.13. The van der Waals surface area contributed by atoms with Gasteiger partial charge in [-0.1, -0.05) is 42.5 Å². The van der Waals surface area contributed by atoms with Gasteiger partial charge in [0, 0.05) is 44.8 Å². The molecule has 6 aromatic rings. The van der Waals surface area contributed by atoms with Crippen LogP contribution in [-0.4, -0.2) is 28.5 Å². The van der Waals surface area contributed by atoms with Crippen molar-refractivity contribution < 1.29 is 9.47 Å². The highest BCUT2D eigenvalue weighted by molar-refractivity contribution is 6.11. The zero-order valence-corrected chi connectivity index (χ0v) is 19.2. The van der Waals surface area contributed by atoms with Crippen molar-refractivity contribution in [2.24, 2.45) is 0 Å². The summed E-state index contributed by atoms with van der Waals surface area (Å²) in [5.74, 6) is 0. The van der Waals surface area contributed by atoms with Crippen LogP contribution in [0.3, 0.4) is 0 Å². The molecule has 7 rings (SSSR count). The molecule has 0 N–H and O–H groups in total. The van der Waals surface area contributed by atoms with Gasteiger partial charge in [0.1, 0.15) is 6.10 Å². The summed E-state index contributed by atoms with van der Waals surface area (Å²) < 4.78 is 15.9. The molecule has 1 unspecified atom stereocenters. The summed E-state index contributed by atoms with van der Waals surface area (Å²) in [7, 11) is 0. The number of nitrogens with zero attached hydrogens (tertiary/aromatic N) is 2. The van der Waals surface area contributed by atoms with Crippen molar-refractivity contribution in [2.75, 3.05) is 13.2 Å². The summed E-state index contributed by atoms with van der Waals surface area (Å²) in [6, 6.07) is 31.0. The Hall–Kier alpha value is -3.60. The average Bonchev–Trinajstić information content (AvgIpc) is 3.57. The fraction of sp³-hybridized carbons (Fsp3) is 0.200. The zero-order chi connectivity index (χ0) is 22.6. The van der Waals surface area contributed by atoms with Gasteiger partial charge in [0.05, 0.1) is 30.9 Å². The highest BCUT2D eigenvalue weighted by Crippen LogP contribution is 2.36. The minimum absolute atomic E-state index is 0.291. The molecule has 2 aromatic heterocycles. The molecule has 0 amide bonds. The molecule has 34 heavy (non-hydrogen) atoms. The van der Waals surface area contributed by atoms with Crippen LogP contribution in [0.2, 0.25) is 0 Å². The molecule has 0 aliphatic carbocycles. The van der Waals surface area contributed by atoms with Crippen molar-refractivity contribution in [3.05, 3.63) is 90.5 Å². The van der Waals surface area contributed by atoms with Crippen LogP contribution in [0.15, 0.2) is 84.9 Å². The van der Waals surface area contributed by atoms with Gasteiger partial charge in [-0.2, -0.15) is 0 Å². The third-order valence-electron chi connectivity index (χ3n) is 7.04. The molecular formula is C30H26N2O2. The number of aryl methyl sites for hydroxylation is 1. The molecule has 168 valence electrons. The summed E-state index contributed by atoms with van der Waals surface area (Å²) in [6.07, 6.45) is 0.291. The van der Waals surface area contributed by atoms with Gasteiger partial charge in [-0.15, -0.1) is 0 Å². The van der Waals surface area contributed by atoms with Crippen LogP contribution in [-0.2, 0) is 22.6 Å². The van der Waals surface area contributed by atoms with Gasteiger partial charge in [-0.05, 0) is 55.0 Å². The number of rotatable bonds is 6. The number of aromatic nitrogens is 2. The van der Waals surface area contributed by atoms with Crippen LogP contribution < -0.4 is 0 Å². The monoisotopic (exact) mass is 446 g/mol. The molecule has 1 atom stereocenters. The molecule has 4 nitrogen and oxygen atoms in total. The lowest BCUT2D eigenvalue weighted by Gasteiger charge is -2.10. The fourth-order valence-electron chi connectivity index (χ4n) is 5.38. The lowest BCUT2D eigenvalue weighted by atomic mass is 10.1. The lowest BCUT2D eigenvalue weighted by Crippen LogP contribution is -2.01. The number of epoxide rings is 1.